The van der Waals surface area contributed by atoms with Crippen LogP contribution in [0.3, 0.4) is 0 Å². The standard InChI is InChI=1S/C41H44N2O20/c1-11-5-18-25(32(52)22(11)38(56)43-12(2)39(57)58)24-16(8-17-26(33(24)53)29(49)15-6-14(59-4)7-19(44)23(15)28(17)48)30(50)36(18)62-41-35(55)37(27(13(3)61-41)42-9-21(46)47)63-40-34(54)31(51)20(45)10-60-40/h5-8,12-13,20,27,30-31,34-37,40-42,44-45,50-55H,9-10H2,1-4H3,(H,43,56)(H,46,47)(H,57,58)/t12-,13-,20-,27+,30+,31+,34-,35-,36+,37+,40+,41+/m1/s1. The summed E-state index contributed by atoms with van der Waals surface area (Å²) in [5.74, 6) is -8.24. The molecule has 0 aromatic heterocycles. The minimum absolute atomic E-state index is 0.00896. The molecule has 22 nitrogen and oxygen atoms in total. The summed E-state index contributed by atoms with van der Waals surface area (Å²) in [6.07, 6.45) is -17.1. The number of aromatic hydroxyl groups is 3. The third kappa shape index (κ3) is 7.73. The molecular weight excluding hydrogens is 840 g/mol. The van der Waals surface area contributed by atoms with Gasteiger partial charge in [0.15, 0.2) is 24.1 Å². The Kier molecular flexibility index (Phi) is 12.3. The van der Waals surface area contributed by atoms with E-state index in [1.54, 1.807) is 0 Å². The summed E-state index contributed by atoms with van der Waals surface area (Å²) >= 11 is 0. The van der Waals surface area contributed by atoms with E-state index in [9.17, 15) is 75.0 Å². The fraction of sp³-hybridized carbons (Fsp3) is 0.439. The number of carboxylic acids is 2. The number of aryl methyl sites for hydroxylation is 1. The van der Waals surface area contributed by atoms with Crippen molar-refractivity contribution in [3.05, 3.63) is 68.8 Å². The van der Waals surface area contributed by atoms with Crippen LogP contribution in [0.15, 0.2) is 24.3 Å². The van der Waals surface area contributed by atoms with Crippen LogP contribution in [0.1, 0.15) is 84.9 Å². The molecule has 2 fully saturated rings. The number of carbonyl (C=O) groups excluding carboxylic acids is 3. The largest absolute Gasteiger partial charge is 0.507 e. The van der Waals surface area contributed by atoms with Crippen molar-refractivity contribution in [3.8, 4) is 34.1 Å². The molecule has 0 unspecified atom stereocenters. The number of benzene rings is 3. The van der Waals surface area contributed by atoms with Gasteiger partial charge in [-0.25, -0.2) is 0 Å². The van der Waals surface area contributed by atoms with Gasteiger partial charge in [-0.05, 0) is 49.6 Å². The zero-order valence-corrected chi connectivity index (χ0v) is 33.7. The van der Waals surface area contributed by atoms with E-state index in [2.05, 4.69) is 10.6 Å². The second-order valence-corrected chi connectivity index (χ2v) is 15.6. The average molecular weight is 885 g/mol. The number of methoxy groups -OCH3 is 1. The smallest absolute Gasteiger partial charge is 0.325 e. The van der Waals surface area contributed by atoms with Crippen LogP contribution in [-0.4, -0.2) is 162 Å². The van der Waals surface area contributed by atoms with E-state index in [0.29, 0.717) is 0 Å². The van der Waals surface area contributed by atoms with Crippen LogP contribution in [0.2, 0.25) is 0 Å². The number of phenolic OH excluding ortho intramolecular Hbond substituents is 3. The molecule has 2 heterocycles. The normalized spacial score (nSPS) is 29.1. The Morgan fingerprint density at radius 1 is 0.825 bits per heavy atom. The maximum absolute atomic E-state index is 14.1. The van der Waals surface area contributed by atoms with Gasteiger partial charge in [0.25, 0.3) is 5.91 Å². The Labute approximate surface area is 355 Å². The van der Waals surface area contributed by atoms with Gasteiger partial charge in [0.2, 0.25) is 0 Å². The Bertz CT molecular complexity index is 2400. The number of aliphatic hydroxyl groups excluding tert-OH is 5. The van der Waals surface area contributed by atoms with E-state index in [0.717, 1.165) is 19.1 Å². The fourth-order valence-corrected chi connectivity index (χ4v) is 8.39. The van der Waals surface area contributed by atoms with Crippen LogP contribution in [-0.2, 0) is 28.5 Å². The van der Waals surface area contributed by atoms with Gasteiger partial charge in [-0.15, -0.1) is 0 Å². The Balaban J connectivity index is 1.36. The first-order valence-electron chi connectivity index (χ1n) is 19.4. The van der Waals surface area contributed by atoms with Crippen molar-refractivity contribution in [2.75, 3.05) is 20.3 Å². The van der Waals surface area contributed by atoms with Crippen LogP contribution in [0.5, 0.6) is 23.0 Å². The molecule has 338 valence electrons. The molecule has 63 heavy (non-hydrogen) atoms. The molecule has 1 amide bonds. The van der Waals surface area contributed by atoms with Gasteiger partial charge in [-0.2, -0.15) is 0 Å². The first kappa shape index (κ1) is 45.2. The number of ketones is 2. The van der Waals surface area contributed by atoms with Crippen molar-refractivity contribution < 1.29 is 98.7 Å². The number of ether oxygens (including phenoxy) is 5. The van der Waals surface area contributed by atoms with E-state index in [-0.39, 0.29) is 28.0 Å². The van der Waals surface area contributed by atoms with E-state index in [1.807, 2.05) is 0 Å². The predicted octanol–water partition coefficient (Wildman–Crippen LogP) is -1.16. The summed E-state index contributed by atoms with van der Waals surface area (Å²) < 4.78 is 28.7. The molecule has 0 bridgehead atoms. The number of rotatable bonds is 11. The Morgan fingerprint density at radius 2 is 1.48 bits per heavy atom. The fourth-order valence-electron chi connectivity index (χ4n) is 8.39. The van der Waals surface area contributed by atoms with Gasteiger partial charge in [-0.3, -0.25) is 29.3 Å². The minimum Gasteiger partial charge on any atom is -0.507 e. The highest BCUT2D eigenvalue weighted by atomic mass is 16.7. The van der Waals surface area contributed by atoms with Gasteiger partial charge in [0.05, 0.1) is 49.1 Å². The Hall–Kier alpha value is -5.79. The number of carbonyl (C=O) groups is 5. The molecule has 2 aliphatic carbocycles. The lowest BCUT2D eigenvalue weighted by Crippen LogP contribution is -2.66. The number of amides is 1. The van der Waals surface area contributed by atoms with Crippen LogP contribution >= 0.6 is 0 Å². The second-order valence-electron chi connectivity index (χ2n) is 15.6. The quantitative estimate of drug-likeness (QED) is 0.0845. The molecule has 0 radical (unpaired) electrons. The average Bonchev–Trinajstić information content (AvgIpc) is 3.22. The molecule has 12 N–H and O–H groups in total. The van der Waals surface area contributed by atoms with Gasteiger partial charge < -0.3 is 80.1 Å². The predicted molar refractivity (Wildman–Crippen MR) is 207 cm³/mol. The first-order valence-corrected chi connectivity index (χ1v) is 19.4. The monoisotopic (exact) mass is 884 g/mol. The lowest BCUT2D eigenvalue weighted by molar-refractivity contribution is -0.339. The van der Waals surface area contributed by atoms with Gasteiger partial charge in [-0.1, -0.05) is 6.07 Å². The highest BCUT2D eigenvalue weighted by Gasteiger charge is 2.51. The topological polar surface area (TPSA) is 358 Å². The number of hydrogen-bond acceptors (Lipinski definition) is 19. The molecule has 0 spiro atoms. The molecule has 2 saturated heterocycles. The summed E-state index contributed by atoms with van der Waals surface area (Å²) in [4.78, 5) is 65.0. The van der Waals surface area contributed by atoms with Crippen molar-refractivity contribution in [2.45, 2.75) is 94.3 Å². The van der Waals surface area contributed by atoms with E-state index >= 15 is 0 Å². The van der Waals surface area contributed by atoms with Gasteiger partial charge in [0.1, 0.15) is 71.8 Å². The molecular formula is C41H44N2O20. The van der Waals surface area contributed by atoms with Crippen molar-refractivity contribution in [1.29, 1.82) is 0 Å². The second kappa shape index (κ2) is 17.1. The summed E-state index contributed by atoms with van der Waals surface area (Å²) in [6.45, 7) is 2.76. The number of aliphatic hydroxyl groups is 5. The Morgan fingerprint density at radius 3 is 2.13 bits per heavy atom. The number of hydrogen-bond donors (Lipinski definition) is 12. The van der Waals surface area contributed by atoms with Crippen LogP contribution in [0.25, 0.3) is 11.1 Å². The van der Waals surface area contributed by atoms with Crippen molar-refractivity contribution in [2.24, 2.45) is 0 Å². The number of aliphatic carboxylic acids is 2. The summed E-state index contributed by atoms with van der Waals surface area (Å²) in [5.41, 5.74) is -3.86. The lowest BCUT2D eigenvalue weighted by Gasteiger charge is -2.47. The van der Waals surface area contributed by atoms with E-state index < -0.39 is 167 Å². The maximum atomic E-state index is 14.1. The summed E-state index contributed by atoms with van der Waals surface area (Å²) in [5, 5.41) is 114. The van der Waals surface area contributed by atoms with Gasteiger partial charge >= 0.3 is 11.9 Å². The van der Waals surface area contributed by atoms with Crippen LogP contribution in [0, 0.1) is 6.92 Å². The lowest BCUT2D eigenvalue weighted by atomic mass is 9.74. The molecule has 3 aromatic rings. The third-order valence-corrected chi connectivity index (χ3v) is 11.6. The van der Waals surface area contributed by atoms with Crippen LogP contribution < -0.4 is 15.4 Å². The zero-order valence-electron chi connectivity index (χ0n) is 33.7. The first-order chi connectivity index (χ1) is 29.7. The highest BCUT2D eigenvalue weighted by Crippen LogP contribution is 2.57. The molecule has 12 atom stereocenters. The molecule has 4 aliphatic rings. The van der Waals surface area contributed by atoms with Crippen LogP contribution in [0.4, 0.5) is 0 Å². The maximum Gasteiger partial charge on any atom is 0.325 e. The number of nitrogens with one attached hydrogen (secondary N) is 2. The van der Waals surface area contributed by atoms with Crippen molar-refractivity contribution >= 4 is 29.4 Å². The molecule has 2 aliphatic heterocycles. The highest BCUT2D eigenvalue weighted by molar-refractivity contribution is 6.31. The third-order valence-electron chi connectivity index (χ3n) is 11.6. The number of fused-ring (bicyclic) bond motifs is 5. The molecule has 3 aromatic carbocycles. The summed E-state index contributed by atoms with van der Waals surface area (Å²) in [6, 6.07) is 1.87. The summed E-state index contributed by atoms with van der Waals surface area (Å²) in [7, 11) is 1.25. The minimum atomic E-state index is -1.98. The molecule has 22 heteroatoms. The number of carboxylic acid groups (broad SMARTS) is 2. The van der Waals surface area contributed by atoms with Crippen molar-refractivity contribution in [1.82, 2.24) is 10.6 Å². The van der Waals surface area contributed by atoms with E-state index in [1.165, 1.54) is 33.1 Å². The molecule has 0 saturated carbocycles. The zero-order chi connectivity index (χ0) is 46.1. The number of phenols is 3. The van der Waals surface area contributed by atoms with Crippen molar-refractivity contribution in [3.63, 3.8) is 0 Å². The SMILES string of the molecule is COc1cc(O)c2c(c1)C(=O)c1c(cc3c(c1O)-c1c(cc(C)c(C(=O)N[C@H](C)C(=O)O)c1O)[C@H](O[C@@H]1O[C@H](C)[C@H](NCC(=O)O)[C@H](O[C@@H]4OC[C@@H](O)[C@H](O)[C@H]4O)[C@H]1O)[C@H]3O)C2=O. The molecule has 7 rings (SSSR count). The van der Waals surface area contributed by atoms with E-state index in [4.69, 9.17) is 23.7 Å². The van der Waals surface area contributed by atoms with Gasteiger partial charge in [0, 0.05) is 28.3 Å².